The topological polar surface area (TPSA) is 0 Å². The van der Waals surface area contributed by atoms with Gasteiger partial charge >= 0.3 is 0 Å². The lowest BCUT2D eigenvalue weighted by Gasteiger charge is -2.23. The van der Waals surface area contributed by atoms with Crippen molar-refractivity contribution in [2.24, 2.45) is 0 Å². The first kappa shape index (κ1) is 13.8. The molecule has 0 saturated carbocycles. The van der Waals surface area contributed by atoms with Crippen molar-refractivity contribution in [2.45, 2.75) is 51.9 Å². The second-order valence-corrected chi connectivity index (χ2v) is 6.82. The SMILES string of the molecule is Cc1ccc(Cc2cccc3c2CC=CC3)c2c1CCCC2. The van der Waals surface area contributed by atoms with E-state index in [9.17, 15) is 0 Å². The van der Waals surface area contributed by atoms with Crippen molar-refractivity contribution in [1.82, 2.24) is 0 Å². The summed E-state index contributed by atoms with van der Waals surface area (Å²) in [6.45, 7) is 2.28. The van der Waals surface area contributed by atoms with Gasteiger partial charge in [0.15, 0.2) is 0 Å². The highest BCUT2D eigenvalue weighted by Crippen LogP contribution is 2.30. The summed E-state index contributed by atoms with van der Waals surface area (Å²) >= 11 is 0. The number of rotatable bonds is 2. The fraction of sp³-hybridized carbons (Fsp3) is 0.364. The molecule has 0 saturated heterocycles. The van der Waals surface area contributed by atoms with Gasteiger partial charge in [0.05, 0.1) is 0 Å². The number of benzene rings is 2. The molecule has 2 aliphatic carbocycles. The van der Waals surface area contributed by atoms with E-state index in [0.717, 1.165) is 19.3 Å². The Morgan fingerprint density at radius 3 is 2.45 bits per heavy atom. The number of hydrogen-bond acceptors (Lipinski definition) is 0. The van der Waals surface area contributed by atoms with Crippen molar-refractivity contribution in [3.8, 4) is 0 Å². The molecule has 4 rings (SSSR count). The summed E-state index contributed by atoms with van der Waals surface area (Å²) < 4.78 is 0. The maximum absolute atomic E-state index is 2.39. The molecule has 0 aliphatic heterocycles. The minimum absolute atomic E-state index is 1.11. The molecule has 0 aromatic heterocycles. The zero-order valence-corrected chi connectivity index (χ0v) is 13.5. The molecular weight excluding hydrogens is 264 g/mol. The van der Waals surface area contributed by atoms with Crippen LogP contribution in [0, 0.1) is 6.92 Å². The van der Waals surface area contributed by atoms with Crippen LogP contribution in [0.25, 0.3) is 0 Å². The van der Waals surface area contributed by atoms with Gasteiger partial charge in [-0.25, -0.2) is 0 Å². The third kappa shape index (κ3) is 2.41. The first-order valence-electron chi connectivity index (χ1n) is 8.68. The number of aryl methyl sites for hydroxylation is 1. The highest BCUT2D eigenvalue weighted by Gasteiger charge is 2.17. The Kier molecular flexibility index (Phi) is 3.62. The molecule has 0 heteroatoms. The number of allylic oxidation sites excluding steroid dienone is 2. The summed E-state index contributed by atoms with van der Waals surface area (Å²) in [6.07, 6.45) is 13.2. The van der Waals surface area contributed by atoms with Gasteiger partial charge in [-0.2, -0.15) is 0 Å². The zero-order chi connectivity index (χ0) is 14.9. The van der Waals surface area contributed by atoms with Crippen LogP contribution in [0.5, 0.6) is 0 Å². The molecule has 0 heterocycles. The van der Waals surface area contributed by atoms with Crippen molar-refractivity contribution in [3.63, 3.8) is 0 Å². The van der Waals surface area contributed by atoms with E-state index in [2.05, 4.69) is 49.4 Å². The third-order valence-electron chi connectivity index (χ3n) is 5.44. The number of hydrogen-bond donors (Lipinski definition) is 0. The molecule has 2 aromatic carbocycles. The fourth-order valence-electron chi connectivity index (χ4n) is 4.21. The summed E-state index contributed by atoms with van der Waals surface area (Å²) in [6, 6.07) is 11.6. The fourth-order valence-corrected chi connectivity index (χ4v) is 4.21. The molecule has 0 unspecified atom stereocenters. The summed E-state index contributed by atoms with van der Waals surface area (Å²) in [5.41, 5.74) is 11.0. The van der Waals surface area contributed by atoms with Gasteiger partial charge in [0, 0.05) is 0 Å². The van der Waals surface area contributed by atoms with Crippen LogP contribution in [-0.2, 0) is 32.1 Å². The Hall–Kier alpha value is -1.82. The Bertz CT molecular complexity index is 734. The Morgan fingerprint density at radius 2 is 1.55 bits per heavy atom. The Balaban J connectivity index is 1.74. The van der Waals surface area contributed by atoms with E-state index in [1.165, 1.54) is 36.8 Å². The maximum atomic E-state index is 2.39. The van der Waals surface area contributed by atoms with Crippen LogP contribution < -0.4 is 0 Å². The molecular formula is C22H24. The van der Waals surface area contributed by atoms with Crippen LogP contribution in [0.1, 0.15) is 51.8 Å². The minimum atomic E-state index is 1.11. The first-order chi connectivity index (χ1) is 10.8. The van der Waals surface area contributed by atoms with E-state index in [1.54, 1.807) is 27.8 Å². The van der Waals surface area contributed by atoms with Crippen molar-refractivity contribution >= 4 is 0 Å². The van der Waals surface area contributed by atoms with Gasteiger partial charge in [0.25, 0.3) is 0 Å². The summed E-state index contributed by atoms with van der Waals surface area (Å²) in [5, 5.41) is 0. The van der Waals surface area contributed by atoms with E-state index < -0.39 is 0 Å². The molecule has 2 aromatic rings. The highest BCUT2D eigenvalue weighted by molar-refractivity contribution is 5.47. The molecule has 112 valence electrons. The lowest BCUT2D eigenvalue weighted by Crippen LogP contribution is -2.10. The summed E-state index contributed by atoms with van der Waals surface area (Å²) in [5.74, 6) is 0. The van der Waals surface area contributed by atoms with Crippen LogP contribution in [-0.4, -0.2) is 0 Å². The molecule has 0 nitrogen and oxygen atoms in total. The standard InChI is InChI=1S/C22H24/c1-16-13-14-19(22-12-5-4-10-20(16)22)15-18-9-6-8-17-7-2-3-11-21(17)18/h2-3,6,8-9,13-14H,4-5,7,10-12,15H2,1H3. The van der Waals surface area contributed by atoms with Crippen LogP contribution in [0.4, 0.5) is 0 Å². The highest BCUT2D eigenvalue weighted by atomic mass is 14.2. The second kappa shape index (κ2) is 5.76. The lowest BCUT2D eigenvalue weighted by molar-refractivity contribution is 0.676. The van der Waals surface area contributed by atoms with Crippen molar-refractivity contribution in [2.75, 3.05) is 0 Å². The van der Waals surface area contributed by atoms with Gasteiger partial charge in [-0.05, 0) is 90.8 Å². The van der Waals surface area contributed by atoms with Crippen molar-refractivity contribution in [1.29, 1.82) is 0 Å². The summed E-state index contributed by atoms with van der Waals surface area (Å²) in [7, 11) is 0. The first-order valence-corrected chi connectivity index (χ1v) is 8.68. The van der Waals surface area contributed by atoms with Crippen LogP contribution in [0.15, 0.2) is 42.5 Å². The predicted molar refractivity (Wildman–Crippen MR) is 93.6 cm³/mol. The van der Waals surface area contributed by atoms with E-state index in [-0.39, 0.29) is 0 Å². The molecule has 2 aliphatic rings. The predicted octanol–water partition coefficient (Wildman–Crippen LogP) is 5.12. The quantitative estimate of drug-likeness (QED) is 0.673. The summed E-state index contributed by atoms with van der Waals surface area (Å²) in [4.78, 5) is 0. The van der Waals surface area contributed by atoms with Crippen LogP contribution in [0.3, 0.4) is 0 Å². The molecule has 0 fully saturated rings. The molecule has 0 bridgehead atoms. The molecule has 0 N–H and O–H groups in total. The van der Waals surface area contributed by atoms with Crippen molar-refractivity contribution < 1.29 is 0 Å². The van der Waals surface area contributed by atoms with Crippen molar-refractivity contribution in [3.05, 3.63) is 81.4 Å². The Labute approximate surface area is 133 Å². The number of fused-ring (bicyclic) bond motifs is 2. The van der Waals surface area contributed by atoms with E-state index in [4.69, 9.17) is 0 Å². The molecule has 0 spiro atoms. The zero-order valence-electron chi connectivity index (χ0n) is 13.5. The smallest absolute Gasteiger partial charge is 0.00200 e. The van der Waals surface area contributed by atoms with E-state index in [0.29, 0.717) is 0 Å². The van der Waals surface area contributed by atoms with Gasteiger partial charge in [0.1, 0.15) is 0 Å². The molecule has 0 radical (unpaired) electrons. The third-order valence-corrected chi connectivity index (χ3v) is 5.44. The lowest BCUT2D eigenvalue weighted by atomic mass is 9.82. The minimum Gasteiger partial charge on any atom is -0.0838 e. The molecule has 0 atom stereocenters. The average Bonchev–Trinajstić information content (AvgIpc) is 2.58. The van der Waals surface area contributed by atoms with Crippen LogP contribution in [0.2, 0.25) is 0 Å². The van der Waals surface area contributed by atoms with Gasteiger partial charge < -0.3 is 0 Å². The van der Waals surface area contributed by atoms with Crippen LogP contribution >= 0.6 is 0 Å². The van der Waals surface area contributed by atoms with Gasteiger partial charge in [0.2, 0.25) is 0 Å². The normalized spacial score (nSPS) is 16.2. The molecule has 22 heavy (non-hydrogen) atoms. The second-order valence-electron chi connectivity index (χ2n) is 6.82. The molecule has 0 amide bonds. The monoisotopic (exact) mass is 288 g/mol. The van der Waals surface area contributed by atoms with E-state index in [1.807, 2.05) is 0 Å². The largest absolute Gasteiger partial charge is 0.0838 e. The average molecular weight is 288 g/mol. The van der Waals surface area contributed by atoms with Gasteiger partial charge in [-0.3, -0.25) is 0 Å². The van der Waals surface area contributed by atoms with E-state index >= 15 is 0 Å². The Morgan fingerprint density at radius 1 is 0.773 bits per heavy atom. The van der Waals surface area contributed by atoms with Gasteiger partial charge in [-0.1, -0.05) is 42.5 Å². The maximum Gasteiger partial charge on any atom is -0.00200 e. The van der Waals surface area contributed by atoms with Gasteiger partial charge in [-0.15, -0.1) is 0 Å².